The number of halogens is 4. The molecule has 1 unspecified atom stereocenters. The Labute approximate surface area is 249 Å². The van der Waals surface area contributed by atoms with Crippen LogP contribution < -0.4 is 11.2 Å². The van der Waals surface area contributed by atoms with E-state index in [0.717, 1.165) is 40.3 Å². The summed E-state index contributed by atoms with van der Waals surface area (Å²) in [5, 5.41) is 3.83. The highest BCUT2D eigenvalue weighted by molar-refractivity contribution is 7.98. The number of nitrogens with one attached hydrogen (secondary N) is 1. The van der Waals surface area contributed by atoms with Crippen LogP contribution in [0.3, 0.4) is 0 Å². The van der Waals surface area contributed by atoms with Crippen molar-refractivity contribution in [3.63, 3.8) is 0 Å². The lowest BCUT2D eigenvalue weighted by Crippen LogP contribution is -2.45. The van der Waals surface area contributed by atoms with Crippen LogP contribution in [0.2, 0.25) is 0 Å². The molecule has 220 valence electrons. The molecule has 1 atom stereocenters. The van der Waals surface area contributed by atoms with Crippen molar-refractivity contribution in [2.75, 3.05) is 20.3 Å². The first-order valence-electron chi connectivity index (χ1n) is 13.2. The van der Waals surface area contributed by atoms with Crippen LogP contribution in [0.5, 0.6) is 0 Å². The summed E-state index contributed by atoms with van der Waals surface area (Å²) in [5.41, 5.74) is 2.60. The van der Waals surface area contributed by atoms with Crippen molar-refractivity contribution in [3.05, 3.63) is 131 Å². The molecule has 3 aromatic rings. The highest BCUT2D eigenvalue weighted by atomic mass is 32.2. The molecule has 0 radical (unpaired) electrons. The predicted molar refractivity (Wildman–Crippen MR) is 163 cm³/mol. The number of benzene rings is 2. The summed E-state index contributed by atoms with van der Waals surface area (Å²) >= 11 is 1.72. The number of hydrogen-bond donors (Lipinski definition) is 2. The van der Waals surface area contributed by atoms with Gasteiger partial charge in [0.25, 0.3) is 5.92 Å². The fourth-order valence-electron chi connectivity index (χ4n) is 4.05. The molecule has 0 amide bonds. The molecule has 2 aromatic carbocycles. The third-order valence-electron chi connectivity index (χ3n) is 6.25. The van der Waals surface area contributed by atoms with Crippen molar-refractivity contribution in [2.45, 2.75) is 30.4 Å². The second kappa shape index (κ2) is 15.5. The molecule has 0 aliphatic carbocycles. The Morgan fingerprint density at radius 3 is 2.29 bits per heavy atom. The first-order chi connectivity index (χ1) is 20.0. The highest BCUT2D eigenvalue weighted by Gasteiger charge is 2.45. The molecule has 3 rings (SSSR count). The first kappa shape index (κ1) is 32.8. The Morgan fingerprint density at radius 1 is 1.07 bits per heavy atom. The lowest BCUT2D eigenvalue weighted by Gasteiger charge is -2.31. The molecule has 0 spiro atoms. The number of nitrogens with two attached hydrogens (primary N) is 1. The quantitative estimate of drug-likeness (QED) is 0.0435. The van der Waals surface area contributed by atoms with Gasteiger partial charge in [-0.1, -0.05) is 54.3 Å². The predicted octanol–water partition coefficient (Wildman–Crippen LogP) is 7.43. The minimum Gasteiger partial charge on any atom is -0.306 e. The summed E-state index contributed by atoms with van der Waals surface area (Å²) in [6, 6.07) is 18.8. The Kier molecular flexibility index (Phi) is 12.1. The van der Waals surface area contributed by atoms with Crippen LogP contribution >= 0.6 is 11.8 Å². The van der Waals surface area contributed by atoms with Gasteiger partial charge in [-0.2, -0.15) is 8.78 Å². The number of hydrogen-bond acceptors (Lipinski definition) is 5. The van der Waals surface area contributed by atoms with Crippen molar-refractivity contribution < 1.29 is 17.6 Å². The van der Waals surface area contributed by atoms with E-state index in [1.165, 1.54) is 23.4 Å². The third kappa shape index (κ3) is 9.43. The number of pyridine rings is 1. The fourth-order valence-corrected chi connectivity index (χ4v) is 4.90. The number of allylic oxidation sites excluding steroid dienone is 4. The maximum atomic E-state index is 15.8. The van der Waals surface area contributed by atoms with Crippen LogP contribution in [0.1, 0.15) is 34.9 Å². The summed E-state index contributed by atoms with van der Waals surface area (Å²) in [6.45, 7) is 6.16. The summed E-state index contributed by atoms with van der Waals surface area (Å²) in [6.07, 6.45) is 2.74. The minimum atomic E-state index is -3.66. The van der Waals surface area contributed by atoms with Crippen LogP contribution in [0.4, 0.5) is 17.6 Å². The molecule has 0 aliphatic heterocycles. The van der Waals surface area contributed by atoms with E-state index in [1.807, 2.05) is 24.3 Å². The molecule has 4 nitrogen and oxygen atoms in total. The van der Waals surface area contributed by atoms with Gasteiger partial charge in [-0.15, -0.1) is 11.8 Å². The van der Waals surface area contributed by atoms with Gasteiger partial charge in [-0.3, -0.25) is 10.8 Å². The zero-order valence-electron chi connectivity index (χ0n) is 23.8. The van der Waals surface area contributed by atoms with E-state index < -0.39 is 41.3 Å². The maximum absolute atomic E-state index is 15.8. The Bertz CT molecular complexity index is 1450. The van der Waals surface area contributed by atoms with Gasteiger partial charge in [-0.05, 0) is 68.4 Å². The van der Waals surface area contributed by atoms with E-state index in [2.05, 4.69) is 59.9 Å². The first-order valence-corrected chi connectivity index (χ1v) is 14.2. The summed E-state index contributed by atoms with van der Waals surface area (Å²) < 4.78 is 59.8. The molecular formula is C33H34F4N4S. The Balaban J connectivity index is 1.77. The molecule has 0 fully saturated rings. The van der Waals surface area contributed by atoms with Crippen molar-refractivity contribution >= 4 is 11.8 Å². The molecule has 3 N–H and O–H groups in total. The second-order valence-electron chi connectivity index (χ2n) is 9.68. The number of aromatic nitrogens is 1. The number of hydrazine groups is 1. The number of thioether (sulfide) groups is 1. The second-order valence-corrected chi connectivity index (χ2v) is 10.7. The monoisotopic (exact) mass is 594 g/mol. The van der Waals surface area contributed by atoms with Crippen LogP contribution in [-0.4, -0.2) is 30.3 Å². The van der Waals surface area contributed by atoms with Crippen LogP contribution in [0.25, 0.3) is 0 Å². The summed E-state index contributed by atoms with van der Waals surface area (Å²) in [4.78, 5) is 5.05. The van der Waals surface area contributed by atoms with Gasteiger partial charge in [0.15, 0.2) is 0 Å². The highest BCUT2D eigenvalue weighted by Crippen LogP contribution is 2.41. The van der Waals surface area contributed by atoms with Gasteiger partial charge in [0.05, 0.1) is 18.4 Å². The molecule has 0 aliphatic rings. The van der Waals surface area contributed by atoms with Gasteiger partial charge in [0, 0.05) is 40.6 Å². The third-order valence-corrected chi connectivity index (χ3v) is 7.33. The smallest absolute Gasteiger partial charge is 0.297 e. The molecule has 0 saturated heterocycles. The molecule has 1 aromatic heterocycles. The molecular weight excluding hydrogens is 560 g/mol. The average Bonchev–Trinajstić information content (AvgIpc) is 2.96. The van der Waals surface area contributed by atoms with Gasteiger partial charge in [0.2, 0.25) is 0 Å². The number of rotatable bonds is 12. The van der Waals surface area contributed by atoms with Gasteiger partial charge < -0.3 is 5.32 Å². The van der Waals surface area contributed by atoms with Gasteiger partial charge in [-0.25, -0.2) is 13.8 Å². The van der Waals surface area contributed by atoms with Crippen LogP contribution in [0.15, 0.2) is 108 Å². The van der Waals surface area contributed by atoms with Gasteiger partial charge >= 0.3 is 0 Å². The molecule has 9 heteroatoms. The SMILES string of the molecule is C=C/C(=C(F)\C=C(/C)F)C(CN(N)CNC)C(F)(F)c1ccc(C#Cc2ccc(SCc3ccc(C)cc3)cc2)cn1. The van der Waals surface area contributed by atoms with E-state index >= 15 is 8.78 Å². The van der Waals surface area contributed by atoms with E-state index in [9.17, 15) is 8.78 Å². The summed E-state index contributed by atoms with van der Waals surface area (Å²) in [5.74, 6) is 5.19. The topological polar surface area (TPSA) is 54.2 Å². The number of nitrogens with zero attached hydrogens (tertiary/aromatic N) is 2. The molecule has 42 heavy (non-hydrogen) atoms. The van der Waals surface area contributed by atoms with Crippen molar-refractivity contribution in [2.24, 2.45) is 11.8 Å². The largest absolute Gasteiger partial charge is 0.306 e. The zero-order valence-corrected chi connectivity index (χ0v) is 24.6. The van der Waals surface area contributed by atoms with E-state index in [1.54, 1.807) is 18.8 Å². The number of aryl methyl sites for hydroxylation is 1. The Morgan fingerprint density at radius 2 is 1.71 bits per heavy atom. The standard InChI is InChI=1S/C33H34F4N4S/c1-5-29(31(35)18-24(3)34)30(20-41(38)22-39-4)33(36,37)32-17-14-26(19-40-32)11-10-25-12-15-28(16-13-25)42-21-27-8-6-23(2)7-9-27/h5-9,12-19,30,39H,1,20-22,38H2,2-4H3/b24-18+,31-29-. The fraction of sp³-hybridized carbons (Fsp3) is 0.242. The maximum Gasteiger partial charge on any atom is 0.297 e. The summed E-state index contributed by atoms with van der Waals surface area (Å²) in [7, 11) is 1.59. The molecule has 1 heterocycles. The number of alkyl halides is 2. The molecule has 0 saturated carbocycles. The van der Waals surface area contributed by atoms with Crippen molar-refractivity contribution in [1.82, 2.24) is 15.3 Å². The lowest BCUT2D eigenvalue weighted by molar-refractivity contribution is -0.0652. The van der Waals surface area contributed by atoms with E-state index in [-0.39, 0.29) is 6.67 Å². The average molecular weight is 595 g/mol. The zero-order chi connectivity index (χ0) is 30.7. The van der Waals surface area contributed by atoms with Crippen LogP contribution in [0, 0.1) is 24.7 Å². The normalized spacial score (nSPS) is 13.3. The van der Waals surface area contributed by atoms with Crippen LogP contribution in [-0.2, 0) is 11.7 Å². The Hall–Kier alpha value is -3.68. The van der Waals surface area contributed by atoms with E-state index in [4.69, 9.17) is 5.84 Å². The molecule has 0 bridgehead atoms. The minimum absolute atomic E-state index is 0.0605. The lowest BCUT2D eigenvalue weighted by atomic mass is 9.88. The van der Waals surface area contributed by atoms with Crippen molar-refractivity contribution in [3.8, 4) is 11.8 Å². The van der Waals surface area contributed by atoms with Gasteiger partial charge in [0.1, 0.15) is 11.5 Å². The van der Waals surface area contributed by atoms with E-state index in [0.29, 0.717) is 11.6 Å². The van der Waals surface area contributed by atoms with Crippen molar-refractivity contribution in [1.29, 1.82) is 0 Å².